The molecule has 3 N–H and O–H groups in total. The Kier molecular flexibility index (Phi) is 8.21. The molecule has 0 spiro atoms. The Morgan fingerprint density at radius 2 is 1.88 bits per heavy atom. The highest BCUT2D eigenvalue weighted by molar-refractivity contribution is 5.76. The number of nitrogens with zero attached hydrogens (tertiary/aromatic N) is 1. The second-order valence-corrected chi connectivity index (χ2v) is 4.52. The van der Waals surface area contributed by atoms with Crippen molar-refractivity contribution in [2.24, 2.45) is 11.7 Å². The molecule has 16 heavy (non-hydrogen) atoms. The minimum Gasteiger partial charge on any atom is -0.349 e. The fourth-order valence-electron chi connectivity index (χ4n) is 1.54. The summed E-state index contributed by atoms with van der Waals surface area (Å²) in [6.07, 6.45) is 2.83. The van der Waals surface area contributed by atoms with Crippen LogP contribution in [0.4, 0.5) is 0 Å². The molecular weight excluding hydrogens is 202 g/mol. The van der Waals surface area contributed by atoms with Gasteiger partial charge in [0.1, 0.15) is 0 Å². The lowest BCUT2D eigenvalue weighted by Crippen LogP contribution is -2.42. The Morgan fingerprint density at radius 3 is 2.25 bits per heavy atom. The van der Waals surface area contributed by atoms with Crippen molar-refractivity contribution in [1.82, 2.24) is 10.2 Å². The molecule has 96 valence electrons. The molecule has 0 fully saturated rings. The molecule has 1 amide bonds. The molecule has 1 unspecified atom stereocenters. The van der Waals surface area contributed by atoms with Crippen molar-refractivity contribution >= 4 is 5.91 Å². The zero-order valence-electron chi connectivity index (χ0n) is 11.1. The molecule has 0 saturated carbocycles. The predicted molar refractivity (Wildman–Crippen MR) is 68.2 cm³/mol. The van der Waals surface area contributed by atoms with Gasteiger partial charge in [-0.3, -0.25) is 4.79 Å². The van der Waals surface area contributed by atoms with Crippen LogP contribution in [0.5, 0.6) is 0 Å². The number of nitrogens with one attached hydrogen (secondary N) is 1. The smallest absolute Gasteiger partial charge is 0.223 e. The zero-order chi connectivity index (χ0) is 12.6. The van der Waals surface area contributed by atoms with Crippen molar-refractivity contribution in [3.8, 4) is 0 Å². The third-order valence-corrected chi connectivity index (χ3v) is 3.05. The fourth-order valence-corrected chi connectivity index (χ4v) is 1.54. The molecule has 4 nitrogen and oxygen atoms in total. The molecule has 0 aromatic heterocycles. The van der Waals surface area contributed by atoms with Crippen molar-refractivity contribution in [1.29, 1.82) is 0 Å². The van der Waals surface area contributed by atoms with E-state index in [4.69, 9.17) is 5.73 Å². The molecule has 0 saturated heterocycles. The number of carbonyl (C=O) groups is 1. The van der Waals surface area contributed by atoms with E-state index < -0.39 is 0 Å². The van der Waals surface area contributed by atoms with Gasteiger partial charge in [-0.2, -0.15) is 0 Å². The third-order valence-electron chi connectivity index (χ3n) is 3.05. The fraction of sp³-hybridized carbons (Fsp3) is 0.917. The molecular formula is C12H27N3O. The van der Waals surface area contributed by atoms with Gasteiger partial charge in [0.05, 0.1) is 0 Å². The van der Waals surface area contributed by atoms with Crippen molar-refractivity contribution in [3.63, 3.8) is 0 Å². The van der Waals surface area contributed by atoms with Gasteiger partial charge in [-0.05, 0) is 12.5 Å². The maximum absolute atomic E-state index is 11.5. The maximum atomic E-state index is 11.5. The summed E-state index contributed by atoms with van der Waals surface area (Å²) in [4.78, 5) is 13.1. The highest BCUT2D eigenvalue weighted by Gasteiger charge is 2.14. The quantitative estimate of drug-likeness (QED) is 0.648. The van der Waals surface area contributed by atoms with Crippen LogP contribution in [0.2, 0.25) is 0 Å². The maximum Gasteiger partial charge on any atom is 0.223 e. The number of nitrogens with two attached hydrogens (primary N) is 1. The Balaban J connectivity index is 3.96. The van der Waals surface area contributed by atoms with Gasteiger partial charge in [0.15, 0.2) is 0 Å². The molecule has 0 heterocycles. The Labute approximate surface area is 99.6 Å². The molecule has 0 rings (SSSR count). The summed E-state index contributed by atoms with van der Waals surface area (Å²) in [5.41, 5.74) is 5.66. The van der Waals surface area contributed by atoms with E-state index in [-0.39, 0.29) is 11.9 Å². The van der Waals surface area contributed by atoms with Crippen molar-refractivity contribution in [2.75, 3.05) is 27.2 Å². The van der Waals surface area contributed by atoms with Crippen LogP contribution in [0.15, 0.2) is 0 Å². The van der Waals surface area contributed by atoms with E-state index in [0.717, 1.165) is 6.54 Å². The number of amides is 1. The third kappa shape index (κ3) is 6.08. The van der Waals surface area contributed by atoms with Crippen molar-refractivity contribution in [2.45, 2.75) is 39.2 Å². The first-order valence-corrected chi connectivity index (χ1v) is 6.18. The number of rotatable bonds is 8. The first-order chi connectivity index (χ1) is 7.54. The van der Waals surface area contributed by atoms with E-state index >= 15 is 0 Å². The van der Waals surface area contributed by atoms with Crippen molar-refractivity contribution < 1.29 is 4.79 Å². The van der Waals surface area contributed by atoms with Gasteiger partial charge in [0.2, 0.25) is 5.91 Å². The summed E-state index contributed by atoms with van der Waals surface area (Å²) in [6.45, 7) is 5.85. The minimum absolute atomic E-state index is 0.107. The van der Waals surface area contributed by atoms with E-state index in [2.05, 4.69) is 19.2 Å². The molecule has 0 bridgehead atoms. The van der Waals surface area contributed by atoms with E-state index in [1.54, 1.807) is 19.0 Å². The number of hydrogen-bond donors (Lipinski definition) is 2. The second-order valence-electron chi connectivity index (χ2n) is 4.52. The van der Waals surface area contributed by atoms with Gasteiger partial charge in [-0.25, -0.2) is 0 Å². The standard InChI is InChI=1S/C12H27N3O/c1-5-10(6-2)9-14-11(8-13)7-12(16)15(3)4/h10-11,14H,5-9,13H2,1-4H3. The SMILES string of the molecule is CCC(CC)CNC(CN)CC(=O)N(C)C. The van der Waals surface area contributed by atoms with E-state index in [9.17, 15) is 4.79 Å². The van der Waals surface area contributed by atoms with Gasteiger partial charge in [-0.1, -0.05) is 26.7 Å². The van der Waals surface area contributed by atoms with Gasteiger partial charge < -0.3 is 16.0 Å². The molecule has 0 radical (unpaired) electrons. The molecule has 1 atom stereocenters. The first kappa shape index (κ1) is 15.4. The first-order valence-electron chi connectivity index (χ1n) is 6.18. The van der Waals surface area contributed by atoms with E-state index in [0.29, 0.717) is 18.9 Å². The summed E-state index contributed by atoms with van der Waals surface area (Å²) in [5, 5.41) is 3.38. The van der Waals surface area contributed by atoms with Gasteiger partial charge in [0.25, 0.3) is 0 Å². The van der Waals surface area contributed by atoms with Crippen LogP contribution in [-0.2, 0) is 4.79 Å². The summed E-state index contributed by atoms with van der Waals surface area (Å²) in [5.74, 6) is 0.816. The monoisotopic (exact) mass is 229 g/mol. The summed E-state index contributed by atoms with van der Waals surface area (Å²) < 4.78 is 0. The molecule has 0 aromatic rings. The lowest BCUT2D eigenvalue weighted by molar-refractivity contribution is -0.129. The number of hydrogen-bond acceptors (Lipinski definition) is 3. The topological polar surface area (TPSA) is 58.4 Å². The normalized spacial score (nSPS) is 12.9. The molecule has 0 aliphatic heterocycles. The van der Waals surface area contributed by atoms with Crippen LogP contribution in [0.1, 0.15) is 33.1 Å². The van der Waals surface area contributed by atoms with Crippen LogP contribution in [0.25, 0.3) is 0 Å². The van der Waals surface area contributed by atoms with Crippen molar-refractivity contribution in [3.05, 3.63) is 0 Å². The zero-order valence-corrected chi connectivity index (χ0v) is 11.1. The van der Waals surface area contributed by atoms with E-state index in [1.807, 2.05) is 0 Å². The van der Waals surface area contributed by atoms with E-state index in [1.165, 1.54) is 12.8 Å². The molecule has 0 aliphatic rings. The molecule has 0 aliphatic carbocycles. The molecule has 4 heteroatoms. The summed E-state index contributed by atoms with van der Waals surface area (Å²) in [7, 11) is 3.55. The van der Waals surface area contributed by atoms with Crippen LogP contribution in [0.3, 0.4) is 0 Å². The number of carbonyl (C=O) groups excluding carboxylic acids is 1. The predicted octanol–water partition coefficient (Wildman–Crippen LogP) is 0.818. The van der Waals surface area contributed by atoms with Gasteiger partial charge >= 0.3 is 0 Å². The molecule has 0 aromatic carbocycles. The van der Waals surface area contributed by atoms with Gasteiger partial charge in [-0.15, -0.1) is 0 Å². The minimum atomic E-state index is 0.107. The van der Waals surface area contributed by atoms with Gasteiger partial charge in [0, 0.05) is 33.1 Å². The highest BCUT2D eigenvalue weighted by Crippen LogP contribution is 2.06. The Hall–Kier alpha value is -0.610. The Bertz CT molecular complexity index is 191. The lowest BCUT2D eigenvalue weighted by atomic mass is 10.0. The van der Waals surface area contributed by atoms with Crippen LogP contribution >= 0.6 is 0 Å². The summed E-state index contributed by atoms with van der Waals surface area (Å²) in [6, 6.07) is 0.107. The average molecular weight is 229 g/mol. The highest BCUT2D eigenvalue weighted by atomic mass is 16.2. The van der Waals surface area contributed by atoms with Crippen LogP contribution in [-0.4, -0.2) is 44.0 Å². The average Bonchev–Trinajstić information content (AvgIpc) is 2.28. The lowest BCUT2D eigenvalue weighted by Gasteiger charge is -2.21. The van der Waals surface area contributed by atoms with Crippen LogP contribution < -0.4 is 11.1 Å². The Morgan fingerprint density at radius 1 is 1.31 bits per heavy atom. The largest absolute Gasteiger partial charge is 0.349 e. The summed E-state index contributed by atoms with van der Waals surface area (Å²) >= 11 is 0. The van der Waals surface area contributed by atoms with Crippen LogP contribution in [0, 0.1) is 5.92 Å². The second kappa shape index (κ2) is 8.53.